The molecule has 7 nitrogen and oxygen atoms in total. The van der Waals surface area contributed by atoms with Crippen LogP contribution in [-0.4, -0.2) is 54.9 Å². The average molecular weight is 462 g/mol. The maximum Gasteiger partial charge on any atom is 0.244 e. The molecule has 1 aromatic carbocycles. The highest BCUT2D eigenvalue weighted by Gasteiger charge is 2.40. The molecule has 3 rings (SSSR count). The highest BCUT2D eigenvalue weighted by molar-refractivity contribution is 8.00. The van der Waals surface area contributed by atoms with Crippen LogP contribution < -0.4 is 10.1 Å². The second-order valence-corrected chi connectivity index (χ2v) is 10.5. The molecule has 0 saturated carbocycles. The van der Waals surface area contributed by atoms with Gasteiger partial charge in [-0.25, -0.2) is 13.4 Å². The van der Waals surface area contributed by atoms with Gasteiger partial charge in [-0.2, -0.15) is 4.31 Å². The number of aryl methyl sites for hydroxylation is 1. The van der Waals surface area contributed by atoms with Gasteiger partial charge in [-0.1, -0.05) is 11.6 Å². The number of aromatic nitrogens is 1. The Bertz CT molecular complexity index is 964. The SMILES string of the molecule is COc1ccc(S(=O)(=O)N2CSCC2C(=O)NCCc2csc(C)n2)cc1Cl. The molecule has 152 valence electrons. The van der Waals surface area contributed by atoms with Gasteiger partial charge in [0.25, 0.3) is 0 Å². The highest BCUT2D eigenvalue weighted by Crippen LogP contribution is 2.32. The van der Waals surface area contributed by atoms with Crippen LogP contribution in [0.25, 0.3) is 0 Å². The predicted molar refractivity (Wildman–Crippen MR) is 112 cm³/mol. The van der Waals surface area contributed by atoms with Crippen LogP contribution in [0.1, 0.15) is 10.7 Å². The van der Waals surface area contributed by atoms with Crippen molar-refractivity contribution in [3.05, 3.63) is 39.3 Å². The number of nitrogens with zero attached hydrogens (tertiary/aromatic N) is 2. The molecule has 1 atom stereocenters. The summed E-state index contributed by atoms with van der Waals surface area (Å²) in [6, 6.07) is 3.53. The average Bonchev–Trinajstić information content (AvgIpc) is 3.31. The molecule has 1 aliphatic heterocycles. The Morgan fingerprint density at radius 2 is 2.25 bits per heavy atom. The molecule has 0 aliphatic carbocycles. The Hall–Kier alpha value is -1.33. The summed E-state index contributed by atoms with van der Waals surface area (Å²) in [6.07, 6.45) is 0.608. The molecule has 1 saturated heterocycles. The van der Waals surface area contributed by atoms with Crippen LogP contribution in [0.4, 0.5) is 0 Å². The Labute approximate surface area is 177 Å². The van der Waals surface area contributed by atoms with E-state index in [9.17, 15) is 13.2 Å². The van der Waals surface area contributed by atoms with Gasteiger partial charge < -0.3 is 10.1 Å². The maximum atomic E-state index is 13.0. The van der Waals surface area contributed by atoms with Gasteiger partial charge in [0, 0.05) is 24.1 Å². The first-order chi connectivity index (χ1) is 13.3. The van der Waals surface area contributed by atoms with E-state index in [1.807, 2.05) is 12.3 Å². The van der Waals surface area contributed by atoms with Gasteiger partial charge in [-0.3, -0.25) is 4.79 Å². The van der Waals surface area contributed by atoms with Gasteiger partial charge >= 0.3 is 0 Å². The Kier molecular flexibility index (Phi) is 6.87. The number of carbonyl (C=O) groups excluding carboxylic acids is 1. The fraction of sp³-hybridized carbons (Fsp3) is 0.412. The molecule has 1 unspecified atom stereocenters. The zero-order valence-electron chi connectivity index (χ0n) is 15.3. The summed E-state index contributed by atoms with van der Waals surface area (Å²) in [6.45, 7) is 2.34. The van der Waals surface area contributed by atoms with Gasteiger partial charge in [-0.05, 0) is 25.1 Å². The summed E-state index contributed by atoms with van der Waals surface area (Å²) in [5.41, 5.74) is 0.918. The minimum atomic E-state index is -3.85. The van der Waals surface area contributed by atoms with Crippen molar-refractivity contribution in [2.45, 2.75) is 24.3 Å². The highest BCUT2D eigenvalue weighted by atomic mass is 35.5. The molecule has 1 N–H and O–H groups in total. The van der Waals surface area contributed by atoms with Crippen molar-refractivity contribution in [3.8, 4) is 5.75 Å². The zero-order chi connectivity index (χ0) is 20.3. The van der Waals surface area contributed by atoms with Gasteiger partial charge in [0.05, 0.1) is 33.6 Å². The third-order valence-corrected chi connectivity index (χ3v) is 8.37. The number of carbonyl (C=O) groups is 1. The summed E-state index contributed by atoms with van der Waals surface area (Å²) >= 11 is 9.03. The van der Waals surface area contributed by atoms with E-state index in [-0.39, 0.29) is 21.7 Å². The number of nitrogens with one attached hydrogen (secondary N) is 1. The summed E-state index contributed by atoms with van der Waals surface area (Å²) in [5.74, 6) is 0.711. The van der Waals surface area contributed by atoms with Crippen LogP contribution >= 0.6 is 34.7 Å². The molecular weight excluding hydrogens is 442 g/mol. The minimum Gasteiger partial charge on any atom is -0.495 e. The molecule has 1 fully saturated rings. The van der Waals surface area contributed by atoms with Crippen molar-refractivity contribution in [2.75, 3.05) is 25.3 Å². The molecule has 0 bridgehead atoms. The number of hydrogen-bond acceptors (Lipinski definition) is 7. The topological polar surface area (TPSA) is 88.6 Å². The fourth-order valence-electron chi connectivity index (χ4n) is 2.77. The molecule has 1 aromatic heterocycles. The largest absolute Gasteiger partial charge is 0.495 e. The number of sulfonamides is 1. The number of benzene rings is 1. The molecule has 1 amide bonds. The van der Waals surface area contributed by atoms with Crippen molar-refractivity contribution in [2.24, 2.45) is 0 Å². The normalized spacial score (nSPS) is 17.6. The quantitative estimate of drug-likeness (QED) is 0.681. The van der Waals surface area contributed by atoms with E-state index in [2.05, 4.69) is 10.3 Å². The molecule has 28 heavy (non-hydrogen) atoms. The third-order valence-electron chi connectivity index (χ3n) is 4.22. The van der Waals surface area contributed by atoms with Crippen LogP contribution in [0.3, 0.4) is 0 Å². The molecule has 11 heteroatoms. The second-order valence-electron chi connectivity index (χ2n) is 6.10. The van der Waals surface area contributed by atoms with Gasteiger partial charge in [0.2, 0.25) is 15.9 Å². The van der Waals surface area contributed by atoms with Crippen LogP contribution in [0.5, 0.6) is 5.75 Å². The van der Waals surface area contributed by atoms with Gasteiger partial charge in [0.1, 0.15) is 11.8 Å². The Balaban J connectivity index is 1.68. The lowest BCUT2D eigenvalue weighted by Gasteiger charge is -2.22. The molecule has 2 heterocycles. The van der Waals surface area contributed by atoms with Crippen LogP contribution in [0.2, 0.25) is 5.02 Å². The summed E-state index contributed by atoms with van der Waals surface area (Å²) in [5, 5.41) is 5.96. The Morgan fingerprint density at radius 1 is 1.46 bits per heavy atom. The van der Waals surface area contributed by atoms with Gasteiger partial charge in [0.15, 0.2) is 0 Å². The maximum absolute atomic E-state index is 13.0. The van der Waals surface area contributed by atoms with Crippen LogP contribution in [-0.2, 0) is 21.2 Å². The summed E-state index contributed by atoms with van der Waals surface area (Å²) < 4.78 is 32.3. The van der Waals surface area contributed by atoms with Crippen LogP contribution in [0, 0.1) is 6.92 Å². The zero-order valence-corrected chi connectivity index (χ0v) is 18.6. The standard InChI is InChI=1S/C17H20ClN3O4S3/c1-11-20-12(8-27-11)5-6-19-17(22)15-9-26-10-21(15)28(23,24)13-3-4-16(25-2)14(18)7-13/h3-4,7-8,15H,5-6,9-10H2,1-2H3,(H,19,22). The lowest BCUT2D eigenvalue weighted by atomic mass is 10.3. The minimum absolute atomic E-state index is 0.0385. The number of thioether (sulfide) groups is 1. The smallest absolute Gasteiger partial charge is 0.244 e. The van der Waals surface area contributed by atoms with E-state index in [1.165, 1.54) is 41.4 Å². The van der Waals surface area contributed by atoms with Crippen molar-refractivity contribution < 1.29 is 17.9 Å². The predicted octanol–water partition coefficient (Wildman–Crippen LogP) is 2.54. The van der Waals surface area contributed by atoms with E-state index in [1.54, 1.807) is 11.3 Å². The number of halogens is 1. The summed E-state index contributed by atoms with van der Waals surface area (Å²) in [7, 11) is -2.40. The number of hydrogen-bond donors (Lipinski definition) is 1. The number of amides is 1. The molecular formula is C17H20ClN3O4S3. The first kappa shape index (κ1) is 21.4. The van der Waals surface area contributed by atoms with E-state index >= 15 is 0 Å². The first-order valence-corrected chi connectivity index (χ1v) is 12.3. The van der Waals surface area contributed by atoms with E-state index in [0.717, 1.165) is 10.7 Å². The lowest BCUT2D eigenvalue weighted by molar-refractivity contribution is -0.123. The van der Waals surface area contributed by atoms with E-state index in [4.69, 9.17) is 16.3 Å². The van der Waals surface area contributed by atoms with Crippen LogP contribution in [0.15, 0.2) is 28.5 Å². The fourth-order valence-corrected chi connectivity index (χ4v) is 6.91. The molecule has 0 radical (unpaired) electrons. The summed E-state index contributed by atoms with van der Waals surface area (Å²) in [4.78, 5) is 17.0. The number of methoxy groups -OCH3 is 1. The monoisotopic (exact) mass is 461 g/mol. The third kappa shape index (κ3) is 4.62. The number of thiazole rings is 1. The van der Waals surface area contributed by atoms with E-state index in [0.29, 0.717) is 24.5 Å². The van der Waals surface area contributed by atoms with Crippen molar-refractivity contribution in [1.29, 1.82) is 0 Å². The number of ether oxygens (including phenoxy) is 1. The lowest BCUT2D eigenvalue weighted by Crippen LogP contribution is -2.47. The number of rotatable bonds is 7. The Morgan fingerprint density at radius 3 is 2.89 bits per heavy atom. The second kappa shape index (κ2) is 9.00. The molecule has 2 aromatic rings. The van der Waals surface area contributed by atoms with E-state index < -0.39 is 16.1 Å². The van der Waals surface area contributed by atoms with Crippen molar-refractivity contribution >= 4 is 50.6 Å². The van der Waals surface area contributed by atoms with Crippen molar-refractivity contribution in [1.82, 2.24) is 14.6 Å². The van der Waals surface area contributed by atoms with Crippen molar-refractivity contribution in [3.63, 3.8) is 0 Å². The molecule has 0 spiro atoms. The van der Waals surface area contributed by atoms with Gasteiger partial charge in [-0.15, -0.1) is 23.1 Å². The first-order valence-electron chi connectivity index (χ1n) is 8.45. The molecule has 1 aliphatic rings.